The normalized spacial score (nSPS) is 11.0. The predicted molar refractivity (Wildman–Crippen MR) is 113 cm³/mol. The fraction of sp³-hybridized carbons (Fsp3) is 0.0952. The quantitative estimate of drug-likeness (QED) is 0.443. The number of benzene rings is 3. The number of non-ortho nitro benzene ring substituents is 1. The molecular weight excluding hydrogens is 406 g/mol. The molecule has 0 aliphatic heterocycles. The first kappa shape index (κ1) is 21.0. The molecule has 0 aliphatic carbocycles. The van der Waals surface area contributed by atoms with Crippen LogP contribution in [0.15, 0.2) is 77.7 Å². The van der Waals surface area contributed by atoms with Crippen molar-refractivity contribution >= 4 is 27.3 Å². The molecule has 3 aromatic rings. The molecule has 3 aromatic carbocycles. The molecule has 8 nitrogen and oxygen atoms in total. The van der Waals surface area contributed by atoms with E-state index in [0.29, 0.717) is 12.1 Å². The van der Waals surface area contributed by atoms with Crippen LogP contribution in [0.5, 0.6) is 0 Å². The summed E-state index contributed by atoms with van der Waals surface area (Å²) >= 11 is 0. The van der Waals surface area contributed by atoms with Crippen molar-refractivity contribution in [2.24, 2.45) is 0 Å². The Hall–Kier alpha value is -3.72. The van der Waals surface area contributed by atoms with Gasteiger partial charge in [0.05, 0.1) is 9.82 Å². The monoisotopic (exact) mass is 425 g/mol. The number of nitrogens with zero attached hydrogens (tertiary/aromatic N) is 1. The van der Waals surface area contributed by atoms with E-state index >= 15 is 0 Å². The molecule has 1 amide bonds. The van der Waals surface area contributed by atoms with Crippen LogP contribution in [-0.4, -0.2) is 19.2 Å². The number of carbonyl (C=O) groups is 1. The smallest absolute Gasteiger partial charge is 0.270 e. The highest BCUT2D eigenvalue weighted by molar-refractivity contribution is 7.92. The molecule has 0 unspecified atom stereocenters. The molecule has 0 heterocycles. The molecule has 0 bridgehead atoms. The zero-order valence-electron chi connectivity index (χ0n) is 16.0. The van der Waals surface area contributed by atoms with Gasteiger partial charge in [0.2, 0.25) is 0 Å². The van der Waals surface area contributed by atoms with Gasteiger partial charge in [-0.15, -0.1) is 0 Å². The van der Waals surface area contributed by atoms with Crippen molar-refractivity contribution < 1.29 is 18.1 Å². The van der Waals surface area contributed by atoms with Gasteiger partial charge < -0.3 is 5.32 Å². The van der Waals surface area contributed by atoms with Gasteiger partial charge in [-0.05, 0) is 48.4 Å². The summed E-state index contributed by atoms with van der Waals surface area (Å²) in [6.07, 6.45) is 0. The van der Waals surface area contributed by atoms with Crippen LogP contribution in [-0.2, 0) is 16.6 Å². The number of aryl methyl sites for hydroxylation is 1. The number of carbonyl (C=O) groups excluding carboxylic acids is 1. The van der Waals surface area contributed by atoms with Crippen LogP contribution < -0.4 is 10.0 Å². The maximum Gasteiger partial charge on any atom is 0.270 e. The van der Waals surface area contributed by atoms with Gasteiger partial charge in [0.15, 0.2) is 0 Å². The van der Waals surface area contributed by atoms with Crippen LogP contribution in [0.4, 0.5) is 11.4 Å². The Balaban J connectivity index is 1.68. The number of hydrogen-bond donors (Lipinski definition) is 2. The lowest BCUT2D eigenvalue weighted by Crippen LogP contribution is -2.23. The largest absolute Gasteiger partial charge is 0.348 e. The van der Waals surface area contributed by atoms with E-state index in [1.165, 1.54) is 42.5 Å². The third-order valence-corrected chi connectivity index (χ3v) is 5.82. The van der Waals surface area contributed by atoms with E-state index in [2.05, 4.69) is 10.0 Å². The molecule has 9 heteroatoms. The number of anilines is 1. The van der Waals surface area contributed by atoms with E-state index in [1.807, 2.05) is 31.2 Å². The van der Waals surface area contributed by atoms with Crippen molar-refractivity contribution in [1.29, 1.82) is 0 Å². The van der Waals surface area contributed by atoms with Crippen LogP contribution in [0.25, 0.3) is 0 Å². The average Bonchev–Trinajstić information content (AvgIpc) is 2.73. The van der Waals surface area contributed by atoms with Gasteiger partial charge in [-0.2, -0.15) is 0 Å². The highest BCUT2D eigenvalue weighted by Gasteiger charge is 2.18. The summed E-state index contributed by atoms with van der Waals surface area (Å²) in [5, 5.41) is 13.7. The Kier molecular flexibility index (Phi) is 6.12. The molecule has 0 aromatic heterocycles. The standard InChI is InChI=1S/C21H19N3O5S/c1-15-5-2-3-6-17(15)14-22-21(25)16-9-11-18(12-10-16)23-30(28,29)20-8-4-7-19(13-20)24(26)27/h2-13,23H,14H2,1H3,(H,22,25). The van der Waals surface area contributed by atoms with Gasteiger partial charge in [0, 0.05) is 29.9 Å². The first-order chi connectivity index (χ1) is 14.3. The predicted octanol–water partition coefficient (Wildman–Crippen LogP) is 3.63. The summed E-state index contributed by atoms with van der Waals surface area (Å²) < 4.78 is 27.3. The van der Waals surface area contributed by atoms with Gasteiger partial charge in [0.25, 0.3) is 21.6 Å². The van der Waals surface area contributed by atoms with Crippen LogP contribution in [0.3, 0.4) is 0 Å². The lowest BCUT2D eigenvalue weighted by molar-refractivity contribution is -0.385. The first-order valence-electron chi connectivity index (χ1n) is 8.96. The Morgan fingerprint density at radius 1 is 1.00 bits per heavy atom. The molecule has 0 spiro atoms. The second-order valence-electron chi connectivity index (χ2n) is 6.55. The summed E-state index contributed by atoms with van der Waals surface area (Å²) in [7, 11) is -4.01. The Morgan fingerprint density at radius 3 is 2.37 bits per heavy atom. The van der Waals surface area contributed by atoms with E-state index < -0.39 is 14.9 Å². The van der Waals surface area contributed by atoms with Crippen molar-refractivity contribution in [2.45, 2.75) is 18.4 Å². The topological polar surface area (TPSA) is 118 Å². The van der Waals surface area contributed by atoms with E-state index in [-0.39, 0.29) is 22.2 Å². The van der Waals surface area contributed by atoms with Crippen LogP contribution in [0.2, 0.25) is 0 Å². The minimum atomic E-state index is -4.01. The summed E-state index contributed by atoms with van der Waals surface area (Å²) in [5.74, 6) is -0.286. The maximum atomic E-state index is 12.5. The van der Waals surface area contributed by atoms with E-state index in [1.54, 1.807) is 0 Å². The molecule has 2 N–H and O–H groups in total. The number of amides is 1. The minimum Gasteiger partial charge on any atom is -0.348 e. The third-order valence-electron chi connectivity index (χ3n) is 4.44. The molecule has 0 fully saturated rings. The fourth-order valence-corrected chi connectivity index (χ4v) is 3.85. The molecule has 3 rings (SSSR count). The zero-order chi connectivity index (χ0) is 21.7. The average molecular weight is 425 g/mol. The van der Waals surface area contributed by atoms with E-state index in [0.717, 1.165) is 17.2 Å². The lowest BCUT2D eigenvalue weighted by Gasteiger charge is -2.10. The molecule has 0 saturated carbocycles. The number of nitrogens with one attached hydrogen (secondary N) is 2. The van der Waals surface area contributed by atoms with Gasteiger partial charge >= 0.3 is 0 Å². The molecule has 0 atom stereocenters. The lowest BCUT2D eigenvalue weighted by atomic mass is 10.1. The van der Waals surface area contributed by atoms with Crippen molar-refractivity contribution in [1.82, 2.24) is 5.32 Å². The molecule has 154 valence electrons. The number of rotatable bonds is 7. The van der Waals surface area contributed by atoms with E-state index in [4.69, 9.17) is 0 Å². The van der Waals surface area contributed by atoms with Crippen molar-refractivity contribution in [3.05, 3.63) is 99.6 Å². The number of sulfonamides is 1. The molecule has 0 aliphatic rings. The molecule has 0 saturated heterocycles. The molecular formula is C21H19N3O5S. The Bertz CT molecular complexity index is 1190. The van der Waals surface area contributed by atoms with Gasteiger partial charge in [-0.1, -0.05) is 30.3 Å². The summed E-state index contributed by atoms with van der Waals surface area (Å²) in [6, 6.07) is 18.4. The second kappa shape index (κ2) is 8.75. The third kappa shape index (κ3) is 5.00. The van der Waals surface area contributed by atoms with Crippen molar-refractivity contribution in [3.63, 3.8) is 0 Å². The zero-order valence-corrected chi connectivity index (χ0v) is 16.8. The number of hydrogen-bond acceptors (Lipinski definition) is 5. The highest BCUT2D eigenvalue weighted by Crippen LogP contribution is 2.21. The van der Waals surface area contributed by atoms with Gasteiger partial charge in [-0.25, -0.2) is 8.42 Å². The summed E-state index contributed by atoms with van der Waals surface area (Å²) in [5.41, 5.74) is 2.37. The maximum absolute atomic E-state index is 12.5. The molecule has 0 radical (unpaired) electrons. The summed E-state index contributed by atoms with van der Waals surface area (Å²) in [6.45, 7) is 2.34. The molecule has 30 heavy (non-hydrogen) atoms. The van der Waals surface area contributed by atoms with E-state index in [9.17, 15) is 23.3 Å². The second-order valence-corrected chi connectivity index (χ2v) is 8.23. The fourth-order valence-electron chi connectivity index (χ4n) is 2.75. The van der Waals surface area contributed by atoms with Crippen molar-refractivity contribution in [3.8, 4) is 0 Å². The number of nitro benzene ring substituents is 1. The van der Waals surface area contributed by atoms with Crippen LogP contribution in [0, 0.1) is 17.0 Å². The van der Waals surface area contributed by atoms with Crippen LogP contribution in [0.1, 0.15) is 21.5 Å². The SMILES string of the molecule is Cc1ccccc1CNC(=O)c1ccc(NS(=O)(=O)c2cccc([N+](=O)[O-])c2)cc1. The summed E-state index contributed by atoms with van der Waals surface area (Å²) in [4.78, 5) is 22.3. The van der Waals surface area contributed by atoms with Crippen molar-refractivity contribution in [2.75, 3.05) is 4.72 Å². The highest BCUT2D eigenvalue weighted by atomic mass is 32.2. The Morgan fingerprint density at radius 2 is 1.70 bits per heavy atom. The van der Waals surface area contributed by atoms with Gasteiger partial charge in [0.1, 0.15) is 0 Å². The first-order valence-corrected chi connectivity index (χ1v) is 10.4. The van der Waals surface area contributed by atoms with Crippen LogP contribution >= 0.6 is 0 Å². The minimum absolute atomic E-state index is 0.225. The number of nitro groups is 1. The Labute approximate surface area is 173 Å². The van der Waals surface area contributed by atoms with Gasteiger partial charge in [-0.3, -0.25) is 19.6 Å².